The molecule has 25 heavy (non-hydrogen) atoms. The maximum absolute atomic E-state index is 11.7. The van der Waals surface area contributed by atoms with Crippen molar-refractivity contribution in [3.8, 4) is 0 Å². The molecule has 8 heteroatoms. The zero-order valence-corrected chi connectivity index (χ0v) is 15.7. The van der Waals surface area contributed by atoms with Crippen molar-refractivity contribution in [2.45, 2.75) is 19.8 Å². The summed E-state index contributed by atoms with van der Waals surface area (Å²) in [5.74, 6) is 0.926. The zero-order chi connectivity index (χ0) is 17.9. The van der Waals surface area contributed by atoms with Gasteiger partial charge in [-0.15, -0.1) is 0 Å². The molecule has 1 amide bonds. The lowest BCUT2D eigenvalue weighted by Crippen LogP contribution is -2.54. The number of hydrogen-bond donors (Lipinski definition) is 1. The molecule has 2 fully saturated rings. The third-order valence-corrected chi connectivity index (χ3v) is 4.60. The van der Waals surface area contributed by atoms with Gasteiger partial charge in [0.05, 0.1) is 19.8 Å². The Morgan fingerprint density at radius 1 is 1.08 bits per heavy atom. The highest BCUT2D eigenvalue weighted by Gasteiger charge is 2.23. The molecular formula is C17H33N5O3. The van der Waals surface area contributed by atoms with Crippen LogP contribution in [0, 0.1) is 0 Å². The van der Waals surface area contributed by atoms with Crippen LogP contribution >= 0.6 is 0 Å². The lowest BCUT2D eigenvalue weighted by Gasteiger charge is -2.35. The summed E-state index contributed by atoms with van der Waals surface area (Å²) in [5.41, 5.74) is 0. The Hall–Kier alpha value is -1.54. The fraction of sp³-hybridized carbons (Fsp3) is 0.882. The number of aliphatic imine (C=N–C) groups is 1. The molecule has 0 unspecified atom stereocenters. The number of piperazine rings is 1. The Balaban J connectivity index is 1.60. The molecule has 2 saturated heterocycles. The van der Waals surface area contributed by atoms with Gasteiger partial charge in [0.15, 0.2) is 5.96 Å². The van der Waals surface area contributed by atoms with E-state index in [1.807, 2.05) is 14.0 Å². The van der Waals surface area contributed by atoms with Crippen LogP contribution < -0.4 is 5.32 Å². The van der Waals surface area contributed by atoms with E-state index in [9.17, 15) is 4.79 Å². The number of nitrogens with zero attached hydrogens (tertiary/aromatic N) is 4. The van der Waals surface area contributed by atoms with Crippen LogP contribution in [0.4, 0.5) is 4.79 Å². The number of amides is 1. The van der Waals surface area contributed by atoms with Gasteiger partial charge >= 0.3 is 6.09 Å². The number of carbonyl (C=O) groups excluding carboxylic acids is 1. The van der Waals surface area contributed by atoms with Gasteiger partial charge < -0.3 is 24.6 Å². The Labute approximate surface area is 151 Å². The first-order valence-electron chi connectivity index (χ1n) is 9.42. The summed E-state index contributed by atoms with van der Waals surface area (Å²) >= 11 is 0. The van der Waals surface area contributed by atoms with Gasteiger partial charge in [0.25, 0.3) is 0 Å². The number of rotatable bonds is 6. The Bertz CT molecular complexity index is 419. The Morgan fingerprint density at radius 3 is 2.40 bits per heavy atom. The maximum Gasteiger partial charge on any atom is 0.409 e. The molecule has 0 aromatic carbocycles. The first-order chi connectivity index (χ1) is 12.2. The van der Waals surface area contributed by atoms with E-state index in [-0.39, 0.29) is 6.09 Å². The van der Waals surface area contributed by atoms with Crippen LogP contribution in [-0.4, -0.2) is 106 Å². The SMILES string of the molecule is CCOC(=O)N1CCN(C(=NC)NCCCCN2CCOCC2)CC1. The second kappa shape index (κ2) is 11.1. The quantitative estimate of drug-likeness (QED) is 0.424. The van der Waals surface area contributed by atoms with Gasteiger partial charge in [-0.25, -0.2) is 4.79 Å². The molecule has 0 aromatic heterocycles. The summed E-state index contributed by atoms with van der Waals surface area (Å²) in [4.78, 5) is 22.6. The number of hydrogen-bond acceptors (Lipinski definition) is 5. The summed E-state index contributed by atoms with van der Waals surface area (Å²) in [6.45, 7) is 11.1. The minimum absolute atomic E-state index is 0.215. The van der Waals surface area contributed by atoms with E-state index in [0.29, 0.717) is 19.7 Å². The molecule has 0 spiro atoms. The predicted molar refractivity (Wildman–Crippen MR) is 98.0 cm³/mol. The highest BCUT2D eigenvalue weighted by molar-refractivity contribution is 5.80. The number of guanidine groups is 1. The van der Waals surface area contributed by atoms with E-state index < -0.39 is 0 Å². The van der Waals surface area contributed by atoms with Crippen molar-refractivity contribution in [1.82, 2.24) is 20.0 Å². The van der Waals surface area contributed by atoms with Crippen LogP contribution in [0.3, 0.4) is 0 Å². The van der Waals surface area contributed by atoms with Crippen molar-refractivity contribution in [1.29, 1.82) is 0 Å². The molecule has 2 aliphatic heterocycles. The van der Waals surface area contributed by atoms with E-state index in [1.165, 1.54) is 6.42 Å². The van der Waals surface area contributed by atoms with Gasteiger partial charge in [-0.2, -0.15) is 0 Å². The number of unbranched alkanes of at least 4 members (excludes halogenated alkanes) is 1. The van der Waals surface area contributed by atoms with Crippen molar-refractivity contribution in [3.05, 3.63) is 0 Å². The molecule has 0 atom stereocenters. The number of ether oxygens (including phenoxy) is 2. The Morgan fingerprint density at radius 2 is 1.76 bits per heavy atom. The molecule has 0 bridgehead atoms. The van der Waals surface area contributed by atoms with Crippen LogP contribution in [0.15, 0.2) is 4.99 Å². The highest BCUT2D eigenvalue weighted by atomic mass is 16.6. The van der Waals surface area contributed by atoms with Crippen molar-refractivity contribution >= 4 is 12.1 Å². The monoisotopic (exact) mass is 355 g/mol. The van der Waals surface area contributed by atoms with Crippen LogP contribution in [0.2, 0.25) is 0 Å². The second-order valence-electron chi connectivity index (χ2n) is 6.31. The standard InChI is InChI=1S/C17H33N5O3/c1-3-25-17(23)22-10-8-21(9-11-22)16(18-2)19-6-4-5-7-20-12-14-24-15-13-20/h3-15H2,1-2H3,(H,18,19). The highest BCUT2D eigenvalue weighted by Crippen LogP contribution is 2.05. The molecule has 1 N–H and O–H groups in total. The third kappa shape index (κ3) is 6.70. The predicted octanol–water partition coefficient (Wildman–Crippen LogP) is 0.448. The van der Waals surface area contributed by atoms with Crippen molar-refractivity contribution < 1.29 is 14.3 Å². The summed E-state index contributed by atoms with van der Waals surface area (Å²) in [5, 5.41) is 3.44. The number of morpholine rings is 1. The molecule has 0 aliphatic carbocycles. The summed E-state index contributed by atoms with van der Waals surface area (Å²) < 4.78 is 10.4. The molecule has 8 nitrogen and oxygen atoms in total. The molecule has 2 aliphatic rings. The van der Waals surface area contributed by atoms with Gasteiger partial charge in [-0.05, 0) is 26.3 Å². The van der Waals surface area contributed by atoms with Gasteiger partial charge in [0, 0.05) is 52.9 Å². The molecule has 0 saturated carbocycles. The smallest absolute Gasteiger partial charge is 0.409 e. The molecule has 0 radical (unpaired) electrons. The van der Waals surface area contributed by atoms with Crippen LogP contribution in [0.25, 0.3) is 0 Å². The van der Waals surface area contributed by atoms with Crippen molar-refractivity contribution in [2.24, 2.45) is 4.99 Å². The molecule has 0 aromatic rings. The maximum atomic E-state index is 11.7. The van der Waals surface area contributed by atoms with Gasteiger partial charge in [0.2, 0.25) is 0 Å². The molecule has 2 rings (SSSR count). The molecular weight excluding hydrogens is 322 g/mol. The van der Waals surface area contributed by atoms with Crippen LogP contribution in [0.5, 0.6) is 0 Å². The third-order valence-electron chi connectivity index (χ3n) is 4.60. The second-order valence-corrected chi connectivity index (χ2v) is 6.31. The number of carbonyl (C=O) groups is 1. The minimum atomic E-state index is -0.215. The number of nitrogens with one attached hydrogen (secondary N) is 1. The lowest BCUT2D eigenvalue weighted by molar-refractivity contribution is 0.0372. The van der Waals surface area contributed by atoms with Gasteiger partial charge in [-0.1, -0.05) is 0 Å². The molecule has 144 valence electrons. The average Bonchev–Trinajstić information content (AvgIpc) is 2.66. The zero-order valence-electron chi connectivity index (χ0n) is 15.7. The van der Waals surface area contributed by atoms with Crippen LogP contribution in [-0.2, 0) is 9.47 Å². The van der Waals surface area contributed by atoms with E-state index in [4.69, 9.17) is 9.47 Å². The van der Waals surface area contributed by atoms with E-state index in [2.05, 4.69) is 20.1 Å². The topological polar surface area (TPSA) is 69.6 Å². The van der Waals surface area contributed by atoms with E-state index in [0.717, 1.165) is 64.9 Å². The van der Waals surface area contributed by atoms with Crippen LogP contribution in [0.1, 0.15) is 19.8 Å². The largest absolute Gasteiger partial charge is 0.450 e. The van der Waals surface area contributed by atoms with Gasteiger partial charge in [0.1, 0.15) is 0 Å². The normalized spacial score (nSPS) is 19.8. The first kappa shape index (κ1) is 19.8. The van der Waals surface area contributed by atoms with Gasteiger partial charge in [-0.3, -0.25) is 9.89 Å². The summed E-state index contributed by atoms with van der Waals surface area (Å²) in [6, 6.07) is 0. The molecule has 2 heterocycles. The summed E-state index contributed by atoms with van der Waals surface area (Å²) in [6.07, 6.45) is 2.09. The first-order valence-corrected chi connectivity index (χ1v) is 9.42. The summed E-state index contributed by atoms with van der Waals surface area (Å²) in [7, 11) is 1.81. The fourth-order valence-electron chi connectivity index (χ4n) is 3.13. The average molecular weight is 355 g/mol. The Kier molecular flexibility index (Phi) is 8.82. The fourth-order valence-corrected chi connectivity index (χ4v) is 3.13. The van der Waals surface area contributed by atoms with E-state index in [1.54, 1.807) is 4.90 Å². The van der Waals surface area contributed by atoms with Crippen molar-refractivity contribution in [3.63, 3.8) is 0 Å². The minimum Gasteiger partial charge on any atom is -0.450 e. The van der Waals surface area contributed by atoms with Crippen molar-refractivity contribution in [2.75, 3.05) is 79.2 Å². The van der Waals surface area contributed by atoms with E-state index >= 15 is 0 Å². The lowest BCUT2D eigenvalue weighted by atomic mass is 10.2.